The van der Waals surface area contributed by atoms with Crippen molar-refractivity contribution >= 4 is 17.5 Å². The molecule has 0 aliphatic heterocycles. The lowest BCUT2D eigenvalue weighted by Gasteiger charge is -2.07. The van der Waals surface area contributed by atoms with Gasteiger partial charge in [0.25, 0.3) is 0 Å². The highest BCUT2D eigenvalue weighted by Gasteiger charge is 2.27. The lowest BCUT2D eigenvalue weighted by atomic mass is 10.2. The van der Waals surface area contributed by atoms with Gasteiger partial charge in [0.1, 0.15) is 6.61 Å². The Morgan fingerprint density at radius 2 is 1.88 bits per heavy atom. The number of halogens is 3. The number of ether oxygens (including phenoxy) is 1. The topological polar surface area (TPSA) is 26.3 Å². The first-order valence-electron chi connectivity index (χ1n) is 4.77. The molecule has 0 spiro atoms. The molecule has 0 saturated carbocycles. The Morgan fingerprint density at radius 1 is 1.29 bits per heavy atom. The molecule has 0 saturated heterocycles. The molecular formula is C11H11F3O2S. The summed E-state index contributed by atoms with van der Waals surface area (Å²) in [5, 5.41) is 0. The van der Waals surface area contributed by atoms with E-state index in [1.807, 2.05) is 0 Å². The number of ketones is 1. The minimum atomic E-state index is -4.29. The van der Waals surface area contributed by atoms with E-state index in [2.05, 4.69) is 4.74 Å². The predicted molar refractivity (Wildman–Crippen MR) is 59.2 cm³/mol. The quantitative estimate of drug-likeness (QED) is 0.352. The summed E-state index contributed by atoms with van der Waals surface area (Å²) in [7, 11) is 0. The van der Waals surface area contributed by atoms with Gasteiger partial charge < -0.3 is 4.74 Å². The zero-order valence-electron chi connectivity index (χ0n) is 9.08. The van der Waals surface area contributed by atoms with Crippen LogP contribution in [0.25, 0.3) is 0 Å². The fourth-order valence-electron chi connectivity index (χ4n) is 1.05. The second-order valence-corrected chi connectivity index (χ2v) is 4.30. The molecule has 0 heterocycles. The van der Waals surface area contributed by atoms with E-state index in [9.17, 15) is 18.0 Å². The fourth-order valence-corrected chi connectivity index (χ4v) is 1.68. The minimum Gasteiger partial charge on any atom is -0.361 e. The molecule has 0 aromatic heterocycles. The van der Waals surface area contributed by atoms with Gasteiger partial charge in [-0.05, 0) is 19.1 Å². The zero-order chi connectivity index (χ0) is 12.9. The highest BCUT2D eigenvalue weighted by Crippen LogP contribution is 2.21. The second-order valence-electron chi connectivity index (χ2n) is 3.31. The fraction of sp³-hybridized carbons (Fsp3) is 0.364. The van der Waals surface area contributed by atoms with Gasteiger partial charge in [-0.2, -0.15) is 13.2 Å². The molecule has 0 amide bonds. The summed E-state index contributed by atoms with van der Waals surface area (Å²) in [6.07, 6.45) is -4.29. The molecule has 0 radical (unpaired) electrons. The van der Waals surface area contributed by atoms with Crippen molar-refractivity contribution in [1.82, 2.24) is 0 Å². The molecule has 6 heteroatoms. The Morgan fingerprint density at radius 3 is 2.35 bits per heavy atom. The van der Waals surface area contributed by atoms with Crippen molar-refractivity contribution in [2.45, 2.75) is 18.0 Å². The van der Waals surface area contributed by atoms with Gasteiger partial charge in [0.2, 0.25) is 0 Å². The van der Waals surface area contributed by atoms with Crippen molar-refractivity contribution in [1.29, 1.82) is 0 Å². The Kier molecular flexibility index (Phi) is 5.02. The van der Waals surface area contributed by atoms with Crippen molar-refractivity contribution in [2.24, 2.45) is 0 Å². The second kappa shape index (κ2) is 6.07. The average molecular weight is 264 g/mol. The molecule has 1 aromatic carbocycles. The van der Waals surface area contributed by atoms with Crippen LogP contribution >= 0.6 is 11.8 Å². The number of carbonyl (C=O) groups is 1. The molecule has 0 atom stereocenters. The van der Waals surface area contributed by atoms with E-state index in [-0.39, 0.29) is 11.7 Å². The van der Waals surface area contributed by atoms with Gasteiger partial charge in [-0.25, -0.2) is 0 Å². The molecule has 0 N–H and O–H groups in total. The van der Waals surface area contributed by atoms with E-state index in [1.54, 1.807) is 24.3 Å². The molecule has 0 bridgehead atoms. The molecule has 2 nitrogen and oxygen atoms in total. The van der Waals surface area contributed by atoms with Crippen LogP contribution in [0.15, 0.2) is 29.2 Å². The smallest absolute Gasteiger partial charge is 0.361 e. The summed E-state index contributed by atoms with van der Waals surface area (Å²) in [5.74, 6) is -0.117. The van der Waals surface area contributed by atoms with Crippen molar-refractivity contribution in [2.75, 3.05) is 12.5 Å². The maximum atomic E-state index is 11.8. The van der Waals surface area contributed by atoms with Gasteiger partial charge in [-0.3, -0.25) is 4.79 Å². The van der Waals surface area contributed by atoms with Crippen LogP contribution in [0.3, 0.4) is 0 Å². The summed E-state index contributed by atoms with van der Waals surface area (Å²) < 4.78 is 39.7. The van der Waals surface area contributed by atoms with E-state index < -0.39 is 12.8 Å². The predicted octanol–water partition coefficient (Wildman–Crippen LogP) is 3.52. The molecule has 0 aliphatic rings. The van der Waals surface area contributed by atoms with Gasteiger partial charge in [-0.15, -0.1) is 0 Å². The van der Waals surface area contributed by atoms with Gasteiger partial charge in [0.15, 0.2) is 5.78 Å². The summed E-state index contributed by atoms with van der Waals surface area (Å²) in [5.41, 5.74) is 0.575. The van der Waals surface area contributed by atoms with Crippen LogP contribution in [-0.4, -0.2) is 24.5 Å². The molecular weight excluding hydrogens is 253 g/mol. The summed E-state index contributed by atoms with van der Waals surface area (Å²) >= 11 is 1.15. The van der Waals surface area contributed by atoms with E-state index in [0.717, 1.165) is 16.7 Å². The van der Waals surface area contributed by atoms with E-state index in [0.29, 0.717) is 5.56 Å². The largest absolute Gasteiger partial charge is 0.411 e. The highest BCUT2D eigenvalue weighted by atomic mass is 32.2. The summed E-state index contributed by atoms with van der Waals surface area (Å²) in [6, 6.07) is 6.62. The number of rotatable bonds is 5. The number of alkyl halides is 3. The number of carbonyl (C=O) groups excluding carboxylic acids is 1. The molecule has 1 aromatic rings. The minimum absolute atomic E-state index is 0.0464. The van der Waals surface area contributed by atoms with Gasteiger partial charge in [0.05, 0.1) is 5.94 Å². The third-order valence-corrected chi connectivity index (χ3v) is 2.73. The number of thioether (sulfide) groups is 1. The Balaban J connectivity index is 2.35. The van der Waals surface area contributed by atoms with Crippen LogP contribution in [0.1, 0.15) is 17.3 Å². The van der Waals surface area contributed by atoms with Crippen LogP contribution < -0.4 is 0 Å². The third-order valence-electron chi connectivity index (χ3n) is 1.84. The lowest BCUT2D eigenvalue weighted by Crippen LogP contribution is -2.16. The first kappa shape index (κ1) is 14.1. The third kappa shape index (κ3) is 5.74. The number of hydrogen-bond acceptors (Lipinski definition) is 3. The normalized spacial score (nSPS) is 11.5. The summed E-state index contributed by atoms with van der Waals surface area (Å²) in [4.78, 5) is 11.7. The average Bonchev–Trinajstić information content (AvgIpc) is 2.24. The molecule has 0 unspecified atom stereocenters. The monoisotopic (exact) mass is 264 g/mol. The Labute approximate surface area is 101 Å². The van der Waals surface area contributed by atoms with Crippen LogP contribution in [0.2, 0.25) is 0 Å². The van der Waals surface area contributed by atoms with E-state index in [4.69, 9.17) is 0 Å². The molecule has 0 fully saturated rings. The van der Waals surface area contributed by atoms with Crippen LogP contribution in [0, 0.1) is 0 Å². The lowest BCUT2D eigenvalue weighted by molar-refractivity contribution is -0.168. The highest BCUT2D eigenvalue weighted by molar-refractivity contribution is 7.99. The van der Waals surface area contributed by atoms with Crippen molar-refractivity contribution in [3.05, 3.63) is 29.8 Å². The van der Waals surface area contributed by atoms with Crippen molar-refractivity contribution in [3.8, 4) is 0 Å². The SMILES string of the molecule is CC(=O)c1ccc(SCOCC(F)(F)F)cc1. The van der Waals surface area contributed by atoms with Gasteiger partial charge in [0, 0.05) is 10.5 Å². The maximum Gasteiger partial charge on any atom is 0.411 e. The number of hydrogen-bond donors (Lipinski definition) is 0. The van der Waals surface area contributed by atoms with Crippen LogP contribution in [0.5, 0.6) is 0 Å². The van der Waals surface area contributed by atoms with Crippen LogP contribution in [-0.2, 0) is 4.74 Å². The molecule has 17 heavy (non-hydrogen) atoms. The molecule has 1 rings (SSSR count). The first-order valence-corrected chi connectivity index (χ1v) is 5.75. The standard InChI is InChI=1S/C11H11F3O2S/c1-8(15)9-2-4-10(5-3-9)17-7-16-6-11(12,13)14/h2-5H,6-7H2,1H3. The van der Waals surface area contributed by atoms with Gasteiger partial charge in [-0.1, -0.05) is 23.9 Å². The number of benzene rings is 1. The van der Waals surface area contributed by atoms with Crippen molar-refractivity contribution < 1.29 is 22.7 Å². The van der Waals surface area contributed by atoms with Gasteiger partial charge >= 0.3 is 6.18 Å². The maximum absolute atomic E-state index is 11.8. The zero-order valence-corrected chi connectivity index (χ0v) is 9.90. The number of Topliss-reactive ketones (excluding diaryl/α,β-unsaturated/α-hetero) is 1. The molecule has 0 aliphatic carbocycles. The van der Waals surface area contributed by atoms with Crippen molar-refractivity contribution in [3.63, 3.8) is 0 Å². The Hall–Kier alpha value is -1.01. The Bertz CT molecular complexity index is 373. The van der Waals surface area contributed by atoms with E-state index >= 15 is 0 Å². The van der Waals surface area contributed by atoms with Crippen LogP contribution in [0.4, 0.5) is 13.2 Å². The first-order chi connectivity index (χ1) is 7.88. The van der Waals surface area contributed by atoms with E-state index in [1.165, 1.54) is 6.92 Å². The molecule has 94 valence electrons. The summed E-state index contributed by atoms with van der Waals surface area (Å²) in [6.45, 7) is 0.208.